The normalized spacial score (nSPS) is 11.3. The van der Waals surface area contributed by atoms with Gasteiger partial charge in [0.2, 0.25) is 0 Å². The number of benzene rings is 2. The first-order valence-electron chi connectivity index (χ1n) is 6.20. The highest BCUT2D eigenvalue weighted by Gasteiger charge is 2.15. The third kappa shape index (κ3) is 2.56. The molecule has 0 radical (unpaired) electrons. The molecule has 21 heavy (non-hydrogen) atoms. The lowest BCUT2D eigenvalue weighted by molar-refractivity contribution is 0.629. The van der Waals surface area contributed by atoms with E-state index >= 15 is 0 Å². The summed E-state index contributed by atoms with van der Waals surface area (Å²) in [7, 11) is 0. The first-order valence-corrected chi connectivity index (χ1v) is 7.90. The summed E-state index contributed by atoms with van der Waals surface area (Å²) in [5.41, 5.74) is 3.23. The van der Waals surface area contributed by atoms with Crippen molar-refractivity contribution in [3.05, 3.63) is 57.0 Å². The van der Waals surface area contributed by atoms with Crippen molar-refractivity contribution >= 4 is 50.2 Å². The monoisotopic (exact) mass is 386 g/mol. The highest BCUT2D eigenvalue weighted by molar-refractivity contribution is 9.10. The van der Waals surface area contributed by atoms with Crippen molar-refractivity contribution < 1.29 is 4.39 Å². The molecule has 0 saturated heterocycles. The average Bonchev–Trinajstić information content (AvgIpc) is 2.80. The molecular weight excluding hydrogens is 378 g/mol. The number of aryl methyl sites for hydroxylation is 1. The zero-order valence-corrected chi connectivity index (χ0v) is 14.1. The van der Waals surface area contributed by atoms with Crippen LogP contribution in [0.25, 0.3) is 16.7 Å². The molecule has 0 saturated carbocycles. The zero-order chi connectivity index (χ0) is 15.1. The number of halogens is 4. The minimum absolute atomic E-state index is 0.0558. The molecule has 0 aliphatic carbocycles. The third-order valence-electron chi connectivity index (χ3n) is 3.29. The Hall–Kier alpha value is -1.10. The largest absolute Gasteiger partial charge is 0.295 e. The van der Waals surface area contributed by atoms with Gasteiger partial charge in [0.25, 0.3) is 0 Å². The third-order valence-corrected chi connectivity index (χ3v) is 4.70. The molecule has 0 fully saturated rings. The predicted molar refractivity (Wildman–Crippen MR) is 88.0 cm³/mol. The van der Waals surface area contributed by atoms with Gasteiger partial charge in [-0.3, -0.25) is 4.57 Å². The lowest BCUT2D eigenvalue weighted by Gasteiger charge is -2.10. The van der Waals surface area contributed by atoms with Crippen LogP contribution in [0.1, 0.15) is 11.4 Å². The molecule has 0 spiro atoms. The van der Waals surface area contributed by atoms with Crippen LogP contribution >= 0.6 is 39.1 Å². The second-order valence-electron chi connectivity index (χ2n) is 4.69. The predicted octanol–water partition coefficient (Wildman–Crippen LogP) is 5.63. The van der Waals surface area contributed by atoms with Gasteiger partial charge in [0.15, 0.2) is 0 Å². The maximum atomic E-state index is 13.8. The van der Waals surface area contributed by atoms with Crippen molar-refractivity contribution in [2.24, 2.45) is 0 Å². The van der Waals surface area contributed by atoms with Crippen molar-refractivity contribution in [2.45, 2.75) is 12.8 Å². The highest BCUT2D eigenvalue weighted by atomic mass is 79.9. The van der Waals surface area contributed by atoms with E-state index in [0.29, 0.717) is 16.9 Å². The number of rotatable bonds is 2. The summed E-state index contributed by atoms with van der Waals surface area (Å²) in [5, 5.41) is 0.0558. The molecule has 1 heterocycles. The first kappa shape index (κ1) is 14.8. The van der Waals surface area contributed by atoms with Gasteiger partial charge in [-0.2, -0.15) is 0 Å². The second-order valence-corrected chi connectivity index (χ2v) is 6.21. The Labute approximate surface area is 139 Å². The SMILES string of the molecule is Cc1cc(-n2c(CCl)nc3cc(Cl)c(F)cc32)ccc1Br. The van der Waals surface area contributed by atoms with Crippen LogP contribution in [0.3, 0.4) is 0 Å². The minimum atomic E-state index is -0.472. The Kier molecular flexibility index (Phi) is 3.95. The van der Waals surface area contributed by atoms with Gasteiger partial charge in [0, 0.05) is 16.2 Å². The maximum absolute atomic E-state index is 13.8. The van der Waals surface area contributed by atoms with E-state index in [0.717, 1.165) is 15.7 Å². The van der Waals surface area contributed by atoms with E-state index in [1.807, 2.05) is 29.7 Å². The molecule has 3 rings (SSSR count). The molecule has 0 aliphatic rings. The Morgan fingerprint density at radius 3 is 2.71 bits per heavy atom. The molecule has 6 heteroatoms. The summed E-state index contributed by atoms with van der Waals surface area (Å²) in [4.78, 5) is 4.43. The zero-order valence-electron chi connectivity index (χ0n) is 11.0. The number of imidazole rings is 1. The van der Waals surface area contributed by atoms with E-state index in [1.54, 1.807) is 0 Å². The van der Waals surface area contributed by atoms with Crippen molar-refractivity contribution in [1.29, 1.82) is 0 Å². The van der Waals surface area contributed by atoms with Gasteiger partial charge in [-0.25, -0.2) is 9.37 Å². The summed E-state index contributed by atoms with van der Waals surface area (Å²) in [6.07, 6.45) is 0. The van der Waals surface area contributed by atoms with Crippen LogP contribution in [0.4, 0.5) is 4.39 Å². The molecule has 0 aliphatic heterocycles. The number of hydrogen-bond donors (Lipinski definition) is 0. The van der Waals surface area contributed by atoms with Crippen molar-refractivity contribution in [1.82, 2.24) is 9.55 Å². The Morgan fingerprint density at radius 1 is 1.29 bits per heavy atom. The highest BCUT2D eigenvalue weighted by Crippen LogP contribution is 2.28. The van der Waals surface area contributed by atoms with Crippen LogP contribution in [0.5, 0.6) is 0 Å². The van der Waals surface area contributed by atoms with Crippen molar-refractivity contribution in [2.75, 3.05) is 0 Å². The molecule has 0 N–H and O–H groups in total. The van der Waals surface area contributed by atoms with Gasteiger partial charge in [0.05, 0.1) is 21.9 Å². The fourth-order valence-electron chi connectivity index (χ4n) is 2.27. The van der Waals surface area contributed by atoms with Crippen LogP contribution in [0.15, 0.2) is 34.8 Å². The fourth-order valence-corrected chi connectivity index (χ4v) is 2.85. The number of aromatic nitrogens is 2. The molecule has 1 aromatic heterocycles. The van der Waals surface area contributed by atoms with Gasteiger partial charge in [0.1, 0.15) is 11.6 Å². The van der Waals surface area contributed by atoms with Crippen LogP contribution in [-0.2, 0) is 5.88 Å². The van der Waals surface area contributed by atoms with Gasteiger partial charge in [-0.05, 0) is 36.8 Å². The summed E-state index contributed by atoms with van der Waals surface area (Å²) in [5.74, 6) is 0.401. The maximum Gasteiger partial charge on any atom is 0.144 e. The van der Waals surface area contributed by atoms with E-state index in [9.17, 15) is 4.39 Å². The minimum Gasteiger partial charge on any atom is -0.295 e. The summed E-state index contributed by atoms with van der Waals surface area (Å²) >= 11 is 15.3. The van der Waals surface area contributed by atoms with Crippen LogP contribution < -0.4 is 0 Å². The molecule has 108 valence electrons. The number of alkyl halides is 1. The average molecular weight is 388 g/mol. The number of fused-ring (bicyclic) bond motifs is 1. The molecule has 0 bridgehead atoms. The Morgan fingerprint density at radius 2 is 2.05 bits per heavy atom. The van der Waals surface area contributed by atoms with Crippen molar-refractivity contribution in [3.8, 4) is 5.69 Å². The Balaban J connectivity index is 2.34. The summed E-state index contributed by atoms with van der Waals surface area (Å²) < 4.78 is 16.6. The topological polar surface area (TPSA) is 17.8 Å². The van der Waals surface area contributed by atoms with E-state index < -0.39 is 5.82 Å². The van der Waals surface area contributed by atoms with E-state index in [1.165, 1.54) is 12.1 Å². The van der Waals surface area contributed by atoms with Crippen molar-refractivity contribution in [3.63, 3.8) is 0 Å². The number of nitrogens with zero attached hydrogens (tertiary/aromatic N) is 2. The fraction of sp³-hybridized carbons (Fsp3) is 0.133. The molecule has 2 aromatic carbocycles. The van der Waals surface area contributed by atoms with Crippen LogP contribution in [0.2, 0.25) is 5.02 Å². The van der Waals surface area contributed by atoms with Gasteiger partial charge in [-0.1, -0.05) is 27.5 Å². The first-order chi connectivity index (χ1) is 10.0. The van der Waals surface area contributed by atoms with E-state index in [4.69, 9.17) is 23.2 Å². The standard InChI is InChI=1S/C15H10BrCl2FN2/c1-8-4-9(2-3-10(8)16)21-14-6-12(19)11(18)5-13(14)20-15(21)7-17/h2-6H,7H2,1H3. The lowest BCUT2D eigenvalue weighted by Crippen LogP contribution is -2.00. The second kappa shape index (κ2) is 5.59. The smallest absolute Gasteiger partial charge is 0.144 e. The quantitative estimate of drug-likeness (QED) is 0.521. The molecule has 0 amide bonds. The lowest BCUT2D eigenvalue weighted by atomic mass is 10.2. The Bertz CT molecular complexity index is 845. The molecular formula is C15H10BrCl2FN2. The van der Waals surface area contributed by atoms with Gasteiger partial charge >= 0.3 is 0 Å². The van der Waals surface area contributed by atoms with Crippen LogP contribution in [-0.4, -0.2) is 9.55 Å². The van der Waals surface area contributed by atoms with E-state index in [2.05, 4.69) is 20.9 Å². The van der Waals surface area contributed by atoms with Crippen LogP contribution in [0, 0.1) is 12.7 Å². The molecule has 0 unspecified atom stereocenters. The van der Waals surface area contributed by atoms with Gasteiger partial charge < -0.3 is 0 Å². The summed E-state index contributed by atoms with van der Waals surface area (Å²) in [6, 6.07) is 8.78. The molecule has 2 nitrogen and oxygen atoms in total. The van der Waals surface area contributed by atoms with Gasteiger partial charge in [-0.15, -0.1) is 11.6 Å². The molecule has 3 aromatic rings. The molecule has 0 atom stereocenters. The number of hydrogen-bond acceptors (Lipinski definition) is 1. The van der Waals surface area contributed by atoms with E-state index in [-0.39, 0.29) is 10.9 Å². The summed E-state index contributed by atoms with van der Waals surface area (Å²) in [6.45, 7) is 1.99.